The number of rotatable bonds is 9. The minimum absolute atomic E-state index is 0.867. The molecule has 4 saturated carbocycles. The zero-order chi connectivity index (χ0) is 26.2. The van der Waals surface area contributed by atoms with Crippen molar-refractivity contribution < 1.29 is 0 Å². The van der Waals surface area contributed by atoms with E-state index in [-0.39, 0.29) is 0 Å². The molecule has 2 heteroatoms. The summed E-state index contributed by atoms with van der Waals surface area (Å²) in [7, 11) is 0. The molecule has 0 radical (unpaired) electrons. The summed E-state index contributed by atoms with van der Waals surface area (Å²) < 4.78 is 0. The predicted molar refractivity (Wildman–Crippen MR) is 168 cm³/mol. The monoisotopic (exact) mass is 550 g/mol. The Morgan fingerprint density at radius 1 is 0.744 bits per heavy atom. The van der Waals surface area contributed by atoms with E-state index in [1.54, 1.807) is 5.56 Å². The fourth-order valence-electron chi connectivity index (χ4n) is 8.46. The van der Waals surface area contributed by atoms with Crippen LogP contribution in [-0.2, 0) is 6.42 Å². The number of hydrogen-bond acceptors (Lipinski definition) is 2. The van der Waals surface area contributed by atoms with Crippen molar-refractivity contribution in [2.75, 3.05) is 5.75 Å². The van der Waals surface area contributed by atoms with E-state index in [1.165, 1.54) is 66.1 Å². The lowest BCUT2D eigenvalue weighted by Crippen LogP contribution is -2.30. The van der Waals surface area contributed by atoms with E-state index in [4.69, 9.17) is 0 Å². The van der Waals surface area contributed by atoms with Crippen LogP contribution >= 0.6 is 23.5 Å². The summed E-state index contributed by atoms with van der Waals surface area (Å²) in [6.45, 7) is 2.21. The fourth-order valence-corrected chi connectivity index (χ4v) is 10.3. The lowest BCUT2D eigenvalue weighted by molar-refractivity contribution is 0.136. The number of benzene rings is 3. The Kier molecular flexibility index (Phi) is 7.70. The van der Waals surface area contributed by atoms with E-state index in [1.807, 2.05) is 17.3 Å². The van der Waals surface area contributed by atoms with E-state index in [0.29, 0.717) is 0 Å². The number of aryl methyl sites for hydroxylation is 1. The van der Waals surface area contributed by atoms with Gasteiger partial charge in [0.1, 0.15) is 0 Å². The molecule has 3 aromatic rings. The van der Waals surface area contributed by atoms with Crippen LogP contribution in [0, 0.1) is 54.3 Å². The first-order valence-corrected chi connectivity index (χ1v) is 17.3. The number of fused-ring (bicyclic) bond motifs is 3. The van der Waals surface area contributed by atoms with Crippen LogP contribution in [0.2, 0.25) is 0 Å². The van der Waals surface area contributed by atoms with Gasteiger partial charge < -0.3 is 0 Å². The second-order valence-corrected chi connectivity index (χ2v) is 14.9. The molecule has 7 rings (SSSR count). The molecule has 39 heavy (non-hydrogen) atoms. The number of thioether (sulfide) groups is 2. The summed E-state index contributed by atoms with van der Waals surface area (Å²) in [6, 6.07) is 31.5. The minimum Gasteiger partial charge on any atom is -0.126 e. The van der Waals surface area contributed by atoms with E-state index in [0.717, 1.165) is 47.3 Å². The molecule has 0 bridgehead atoms. The van der Waals surface area contributed by atoms with Crippen molar-refractivity contribution in [2.45, 2.75) is 61.7 Å². The Morgan fingerprint density at radius 3 is 2.21 bits per heavy atom. The van der Waals surface area contributed by atoms with Crippen molar-refractivity contribution in [3.05, 3.63) is 107 Å². The highest BCUT2D eigenvalue weighted by molar-refractivity contribution is 8.02. The third-order valence-corrected chi connectivity index (χ3v) is 12.6. The van der Waals surface area contributed by atoms with Crippen molar-refractivity contribution in [3.8, 4) is 0 Å². The third-order valence-electron chi connectivity index (χ3n) is 10.5. The minimum atomic E-state index is 0.867. The van der Waals surface area contributed by atoms with Crippen LogP contribution in [0.15, 0.2) is 106 Å². The Labute approximate surface area is 244 Å². The Hall–Kier alpha value is -1.90. The highest BCUT2D eigenvalue weighted by Gasteiger charge is 2.68. The standard InChI is InChI=1S/C37H42S2/c1-25-15-17-26(18-16-25)23-27-19-20-31(27)36-34-28(24-39-30-12-6-3-7-13-30)9-8-14-32-33(35(32)37(34)36)21-22-38-29-10-4-2-5-11-29/h2-7,10-13,15-18,24,27,31-37H,8-9,14,19-23H2,1H3. The molecule has 4 aliphatic rings. The quantitative estimate of drug-likeness (QED) is 0.243. The van der Waals surface area contributed by atoms with E-state index in [9.17, 15) is 0 Å². The van der Waals surface area contributed by atoms with Gasteiger partial charge in [-0.05, 0) is 140 Å². The van der Waals surface area contributed by atoms with Crippen molar-refractivity contribution in [3.63, 3.8) is 0 Å². The van der Waals surface area contributed by atoms with Crippen molar-refractivity contribution >= 4 is 23.5 Å². The largest absolute Gasteiger partial charge is 0.126 e. The van der Waals surface area contributed by atoms with Gasteiger partial charge in [0.25, 0.3) is 0 Å². The average molecular weight is 551 g/mol. The first-order chi connectivity index (χ1) is 19.3. The van der Waals surface area contributed by atoms with Gasteiger partial charge in [-0.2, -0.15) is 0 Å². The molecule has 4 aliphatic carbocycles. The Morgan fingerprint density at radius 2 is 1.49 bits per heavy atom. The zero-order valence-corrected chi connectivity index (χ0v) is 24.9. The van der Waals surface area contributed by atoms with E-state index < -0.39 is 0 Å². The van der Waals surface area contributed by atoms with Gasteiger partial charge in [0.15, 0.2) is 0 Å². The van der Waals surface area contributed by atoms with Gasteiger partial charge in [-0.3, -0.25) is 0 Å². The lowest BCUT2D eigenvalue weighted by Gasteiger charge is -2.38. The lowest BCUT2D eigenvalue weighted by atomic mass is 9.67. The molecule has 202 valence electrons. The maximum atomic E-state index is 2.60. The number of allylic oxidation sites excluding steroid dienone is 1. The molecule has 8 unspecified atom stereocenters. The highest BCUT2D eigenvalue weighted by atomic mass is 32.2. The van der Waals surface area contributed by atoms with Crippen molar-refractivity contribution in [2.24, 2.45) is 47.3 Å². The SMILES string of the molecule is Cc1ccc(CC2CCC2C2C3C(=CSc4ccccc4)CCCC4C(CCSc5ccccc5)C4C32)cc1. The summed E-state index contributed by atoms with van der Waals surface area (Å²) in [5.41, 5.74) is 4.75. The summed E-state index contributed by atoms with van der Waals surface area (Å²) in [5, 5.41) is 2.60. The van der Waals surface area contributed by atoms with Crippen LogP contribution in [-0.4, -0.2) is 5.75 Å². The van der Waals surface area contributed by atoms with Crippen LogP contribution in [0.25, 0.3) is 0 Å². The molecule has 0 N–H and O–H groups in total. The maximum Gasteiger partial charge on any atom is 0.0116 e. The molecule has 8 atom stereocenters. The Bertz CT molecular complexity index is 1260. The summed E-state index contributed by atoms with van der Waals surface area (Å²) in [4.78, 5) is 2.83. The molecule has 3 aromatic carbocycles. The molecular weight excluding hydrogens is 509 g/mol. The molecule has 0 spiro atoms. The highest BCUT2D eigenvalue weighted by Crippen LogP contribution is 2.74. The van der Waals surface area contributed by atoms with Gasteiger partial charge in [-0.15, -0.1) is 11.8 Å². The van der Waals surface area contributed by atoms with Crippen molar-refractivity contribution in [1.29, 1.82) is 0 Å². The smallest absolute Gasteiger partial charge is 0.0116 e. The van der Waals surface area contributed by atoms with Crippen LogP contribution < -0.4 is 0 Å². The first-order valence-electron chi connectivity index (χ1n) is 15.4. The van der Waals surface area contributed by atoms with Crippen LogP contribution in [0.1, 0.15) is 49.7 Å². The fraction of sp³-hybridized carbons (Fsp3) is 0.459. The molecule has 4 fully saturated rings. The van der Waals surface area contributed by atoms with Gasteiger partial charge in [-0.1, -0.05) is 83.6 Å². The average Bonchev–Trinajstić information content (AvgIpc) is 3.83. The summed E-state index contributed by atoms with van der Waals surface area (Å²) in [6.07, 6.45) is 9.83. The molecule has 0 nitrogen and oxygen atoms in total. The van der Waals surface area contributed by atoms with Gasteiger partial charge in [0, 0.05) is 9.79 Å². The topological polar surface area (TPSA) is 0 Å². The summed E-state index contributed by atoms with van der Waals surface area (Å²) in [5.74, 6) is 8.92. The zero-order valence-electron chi connectivity index (χ0n) is 23.3. The third kappa shape index (κ3) is 5.66. The first kappa shape index (κ1) is 26.0. The van der Waals surface area contributed by atoms with Gasteiger partial charge in [0.05, 0.1) is 0 Å². The van der Waals surface area contributed by atoms with E-state index >= 15 is 0 Å². The predicted octanol–water partition coefficient (Wildman–Crippen LogP) is 10.3. The molecule has 0 aromatic heterocycles. The Balaban J connectivity index is 1.07. The van der Waals surface area contributed by atoms with Gasteiger partial charge in [0.2, 0.25) is 0 Å². The molecule has 0 heterocycles. The van der Waals surface area contributed by atoms with Gasteiger partial charge >= 0.3 is 0 Å². The second kappa shape index (κ2) is 11.5. The van der Waals surface area contributed by atoms with Crippen molar-refractivity contribution in [1.82, 2.24) is 0 Å². The second-order valence-electron chi connectivity index (χ2n) is 12.7. The normalized spacial score (nSPS) is 33.8. The molecular formula is C37H42S2. The summed E-state index contributed by atoms with van der Waals surface area (Å²) >= 11 is 4.06. The van der Waals surface area contributed by atoms with Crippen LogP contribution in [0.3, 0.4) is 0 Å². The maximum absolute atomic E-state index is 2.60. The molecule has 0 aliphatic heterocycles. The van der Waals surface area contributed by atoms with Crippen LogP contribution in [0.4, 0.5) is 0 Å². The van der Waals surface area contributed by atoms with Gasteiger partial charge in [-0.25, -0.2) is 0 Å². The molecule has 0 amide bonds. The van der Waals surface area contributed by atoms with Crippen LogP contribution in [0.5, 0.6) is 0 Å². The molecule has 0 saturated heterocycles. The van der Waals surface area contributed by atoms with E-state index in [2.05, 4.69) is 109 Å². The number of hydrogen-bond donors (Lipinski definition) is 0.